The van der Waals surface area contributed by atoms with Crippen molar-refractivity contribution in [3.05, 3.63) is 52.6 Å². The van der Waals surface area contributed by atoms with Crippen LogP contribution in [0, 0.1) is 0 Å². The van der Waals surface area contributed by atoms with Crippen molar-refractivity contribution in [1.29, 1.82) is 0 Å². The molecule has 1 atom stereocenters. The van der Waals surface area contributed by atoms with Crippen LogP contribution in [-0.2, 0) is 4.74 Å². The van der Waals surface area contributed by atoms with Gasteiger partial charge in [0.15, 0.2) is 11.2 Å². The average Bonchev–Trinajstić information content (AvgIpc) is 3.34. The fourth-order valence-corrected chi connectivity index (χ4v) is 5.19. The number of ether oxygens (including phenoxy) is 1. The Morgan fingerprint density at radius 2 is 1.42 bits per heavy atom. The number of nitrogen functional groups attached to an aromatic ring is 1. The summed E-state index contributed by atoms with van der Waals surface area (Å²) in [7, 11) is 0. The molecule has 0 aliphatic carbocycles. The molecule has 0 fully saturated rings. The van der Waals surface area contributed by atoms with Crippen LogP contribution >= 0.6 is 0 Å². The number of nitrogens with one attached hydrogen (secondary N) is 1. The number of hydrogen-bond acceptors (Lipinski definition) is 5. The molecule has 0 aliphatic heterocycles. The van der Waals surface area contributed by atoms with Crippen molar-refractivity contribution in [2.24, 2.45) is 0 Å². The number of nitrogens with two attached hydrogens (primary N) is 1. The molecule has 0 amide bonds. The SMILES string of the molecule is CCCCCCCCCCCCCCCCOCCCC(c1ccccc1)n1cnc2c(=O)[nH]c(N)nc21. The zero-order valence-corrected chi connectivity index (χ0v) is 23.5. The van der Waals surface area contributed by atoms with Crippen LogP contribution in [0.25, 0.3) is 11.2 Å². The zero-order chi connectivity index (χ0) is 26.8. The number of unbranched alkanes of at least 4 members (excludes halogenated alkanes) is 13. The van der Waals surface area contributed by atoms with Gasteiger partial charge in [-0.3, -0.25) is 9.78 Å². The number of fused-ring (bicyclic) bond motifs is 1. The largest absolute Gasteiger partial charge is 0.381 e. The second-order valence-electron chi connectivity index (χ2n) is 10.6. The monoisotopic (exact) mass is 523 g/mol. The maximum absolute atomic E-state index is 12.2. The highest BCUT2D eigenvalue weighted by molar-refractivity contribution is 5.70. The van der Waals surface area contributed by atoms with E-state index in [9.17, 15) is 4.79 Å². The van der Waals surface area contributed by atoms with Crippen LogP contribution in [0.3, 0.4) is 0 Å². The fourth-order valence-electron chi connectivity index (χ4n) is 5.19. The zero-order valence-electron chi connectivity index (χ0n) is 23.5. The second-order valence-corrected chi connectivity index (χ2v) is 10.6. The molecule has 3 aromatic rings. The van der Waals surface area contributed by atoms with Crippen molar-refractivity contribution in [2.45, 2.75) is 116 Å². The minimum Gasteiger partial charge on any atom is -0.381 e. The van der Waals surface area contributed by atoms with E-state index in [0.717, 1.165) is 38.0 Å². The molecular formula is C31H49N5O2. The molecule has 1 aromatic carbocycles. The minimum absolute atomic E-state index is 0.0135. The molecule has 3 rings (SSSR count). The molecule has 7 heteroatoms. The molecule has 38 heavy (non-hydrogen) atoms. The lowest BCUT2D eigenvalue weighted by Crippen LogP contribution is -2.15. The third-order valence-corrected chi connectivity index (χ3v) is 7.38. The number of aromatic amines is 1. The van der Waals surface area contributed by atoms with E-state index < -0.39 is 0 Å². The third kappa shape index (κ3) is 10.2. The van der Waals surface area contributed by atoms with E-state index in [4.69, 9.17) is 10.5 Å². The van der Waals surface area contributed by atoms with Crippen LogP contribution < -0.4 is 11.3 Å². The fraction of sp³-hybridized carbons (Fsp3) is 0.645. The Morgan fingerprint density at radius 1 is 0.842 bits per heavy atom. The van der Waals surface area contributed by atoms with Gasteiger partial charge in [0.05, 0.1) is 12.4 Å². The standard InChI is InChI=1S/C31H49N5O2/c1-2-3-4-5-6-7-8-9-10-11-12-13-14-18-23-38-24-19-22-27(26-20-16-15-17-21-26)36-25-33-28-29(36)34-31(32)35-30(28)37/h15-17,20-21,25,27H,2-14,18-19,22-24H2,1H3,(H3,32,34,35,37). The van der Waals surface area contributed by atoms with Gasteiger partial charge in [0, 0.05) is 13.2 Å². The van der Waals surface area contributed by atoms with Crippen LogP contribution in [0.2, 0.25) is 0 Å². The number of anilines is 1. The number of H-pyrrole nitrogens is 1. The van der Waals surface area contributed by atoms with E-state index in [0.29, 0.717) is 11.2 Å². The number of rotatable bonds is 21. The van der Waals surface area contributed by atoms with Crippen molar-refractivity contribution in [1.82, 2.24) is 19.5 Å². The smallest absolute Gasteiger partial charge is 0.280 e. The summed E-state index contributed by atoms with van der Waals surface area (Å²) in [6, 6.07) is 10.3. The molecule has 210 valence electrons. The van der Waals surface area contributed by atoms with E-state index in [2.05, 4.69) is 34.0 Å². The van der Waals surface area contributed by atoms with Gasteiger partial charge in [0.2, 0.25) is 5.95 Å². The third-order valence-electron chi connectivity index (χ3n) is 7.38. The molecule has 1 unspecified atom stereocenters. The maximum Gasteiger partial charge on any atom is 0.280 e. The van der Waals surface area contributed by atoms with E-state index in [1.165, 1.54) is 83.5 Å². The van der Waals surface area contributed by atoms with Gasteiger partial charge < -0.3 is 15.0 Å². The molecule has 3 N–H and O–H groups in total. The first kappa shape index (κ1) is 29.9. The summed E-state index contributed by atoms with van der Waals surface area (Å²) in [6.07, 6.45) is 22.6. The first-order valence-electron chi connectivity index (χ1n) is 15.1. The van der Waals surface area contributed by atoms with Gasteiger partial charge in [0.25, 0.3) is 5.56 Å². The first-order valence-corrected chi connectivity index (χ1v) is 15.1. The lowest BCUT2D eigenvalue weighted by atomic mass is 10.0. The first-order chi connectivity index (χ1) is 18.7. The Labute approximate surface area is 228 Å². The Balaban J connectivity index is 1.28. The highest BCUT2D eigenvalue weighted by Gasteiger charge is 2.19. The van der Waals surface area contributed by atoms with Gasteiger partial charge in [-0.15, -0.1) is 0 Å². The van der Waals surface area contributed by atoms with Gasteiger partial charge in [-0.1, -0.05) is 121 Å². The highest BCUT2D eigenvalue weighted by Crippen LogP contribution is 2.26. The summed E-state index contributed by atoms with van der Waals surface area (Å²) in [5, 5.41) is 0. The van der Waals surface area contributed by atoms with E-state index >= 15 is 0 Å². The van der Waals surface area contributed by atoms with Crippen LogP contribution in [0.15, 0.2) is 41.5 Å². The van der Waals surface area contributed by atoms with Crippen molar-refractivity contribution >= 4 is 17.1 Å². The topological polar surface area (TPSA) is 98.8 Å². The number of hydrogen-bond donors (Lipinski definition) is 2. The Kier molecular flexibility index (Phi) is 14.0. The Hall–Kier alpha value is -2.67. The minimum atomic E-state index is -0.311. The van der Waals surface area contributed by atoms with Gasteiger partial charge in [0.1, 0.15) is 0 Å². The molecular weight excluding hydrogens is 474 g/mol. The molecule has 0 saturated carbocycles. The number of imidazole rings is 1. The van der Waals surface area contributed by atoms with Crippen LogP contribution in [-0.4, -0.2) is 32.7 Å². The molecule has 2 aromatic heterocycles. The summed E-state index contributed by atoms with van der Waals surface area (Å²) >= 11 is 0. The summed E-state index contributed by atoms with van der Waals surface area (Å²) in [5.41, 5.74) is 7.48. The van der Waals surface area contributed by atoms with Gasteiger partial charge in [-0.25, -0.2) is 4.98 Å². The van der Waals surface area contributed by atoms with Crippen molar-refractivity contribution < 1.29 is 4.74 Å². The molecule has 2 heterocycles. The molecule has 0 saturated heterocycles. The summed E-state index contributed by atoms with van der Waals surface area (Å²) in [4.78, 5) is 23.4. The van der Waals surface area contributed by atoms with Crippen LogP contribution in [0.5, 0.6) is 0 Å². The normalized spacial score (nSPS) is 12.3. The van der Waals surface area contributed by atoms with E-state index in [1.807, 2.05) is 22.8 Å². The number of nitrogens with zero attached hydrogens (tertiary/aromatic N) is 3. The molecule has 0 bridgehead atoms. The van der Waals surface area contributed by atoms with Gasteiger partial charge in [-0.2, -0.15) is 4.98 Å². The second kappa shape index (κ2) is 17.8. The van der Waals surface area contributed by atoms with Crippen molar-refractivity contribution in [3.8, 4) is 0 Å². The predicted octanol–water partition coefficient (Wildman–Crippen LogP) is 7.57. The molecule has 0 spiro atoms. The van der Waals surface area contributed by atoms with Gasteiger partial charge >= 0.3 is 0 Å². The Bertz CT molecular complexity index is 1080. The Morgan fingerprint density at radius 3 is 2.05 bits per heavy atom. The number of aromatic nitrogens is 4. The maximum atomic E-state index is 12.2. The van der Waals surface area contributed by atoms with Gasteiger partial charge in [-0.05, 0) is 24.8 Å². The summed E-state index contributed by atoms with van der Waals surface area (Å²) < 4.78 is 7.92. The molecule has 0 aliphatic rings. The predicted molar refractivity (Wildman–Crippen MR) is 158 cm³/mol. The molecule has 0 radical (unpaired) electrons. The van der Waals surface area contributed by atoms with Crippen LogP contribution in [0.4, 0.5) is 5.95 Å². The summed E-state index contributed by atoms with van der Waals surface area (Å²) in [6.45, 7) is 3.84. The summed E-state index contributed by atoms with van der Waals surface area (Å²) in [5.74, 6) is 0.104. The van der Waals surface area contributed by atoms with E-state index in [-0.39, 0.29) is 17.5 Å². The van der Waals surface area contributed by atoms with Crippen molar-refractivity contribution in [3.63, 3.8) is 0 Å². The lowest BCUT2D eigenvalue weighted by Gasteiger charge is -2.19. The van der Waals surface area contributed by atoms with Crippen LogP contribution in [0.1, 0.15) is 121 Å². The molecule has 7 nitrogen and oxygen atoms in total. The average molecular weight is 524 g/mol. The lowest BCUT2D eigenvalue weighted by molar-refractivity contribution is 0.124. The number of benzene rings is 1. The quantitative estimate of drug-likeness (QED) is 0.140. The van der Waals surface area contributed by atoms with Crippen molar-refractivity contribution in [2.75, 3.05) is 18.9 Å². The van der Waals surface area contributed by atoms with E-state index in [1.54, 1.807) is 6.33 Å². The highest BCUT2D eigenvalue weighted by atomic mass is 16.5.